The van der Waals surface area contributed by atoms with Gasteiger partial charge in [-0.3, -0.25) is 9.59 Å². The average Bonchev–Trinajstić information content (AvgIpc) is 2.68. The highest BCUT2D eigenvalue weighted by atomic mass is 35.5. The Morgan fingerprint density at radius 3 is 2.31 bits per heavy atom. The maximum absolute atomic E-state index is 12.6. The van der Waals surface area contributed by atoms with E-state index in [0.717, 1.165) is 0 Å². The minimum atomic E-state index is -5.08. The fraction of sp³-hybridized carbons (Fsp3) is 0.263. The summed E-state index contributed by atoms with van der Waals surface area (Å²) < 4.78 is 36.9. The summed E-state index contributed by atoms with van der Waals surface area (Å²) >= 11 is 5.79. The molecule has 0 atom stereocenters. The van der Waals surface area contributed by atoms with Crippen molar-refractivity contribution in [2.45, 2.75) is 6.18 Å². The summed E-state index contributed by atoms with van der Waals surface area (Å²) in [5.41, 5.74) is 0.709. The van der Waals surface area contributed by atoms with Gasteiger partial charge in [0.25, 0.3) is 5.91 Å². The van der Waals surface area contributed by atoms with Gasteiger partial charge in [-0.2, -0.15) is 13.2 Å². The van der Waals surface area contributed by atoms with Gasteiger partial charge in [0.15, 0.2) is 0 Å². The number of nitrogens with one attached hydrogen (secondary N) is 3. The van der Waals surface area contributed by atoms with Crippen LogP contribution >= 0.6 is 11.6 Å². The van der Waals surface area contributed by atoms with Gasteiger partial charge >= 0.3 is 12.1 Å². The number of carboxylic acids is 1. The lowest BCUT2D eigenvalue weighted by atomic mass is 10.0. The van der Waals surface area contributed by atoms with Crippen LogP contribution in [0, 0.1) is 5.92 Å². The Morgan fingerprint density at radius 2 is 1.84 bits per heavy atom. The van der Waals surface area contributed by atoms with E-state index >= 15 is 0 Å². The van der Waals surface area contributed by atoms with Crippen LogP contribution in [0.1, 0.15) is 10.4 Å². The Balaban J connectivity index is 0.000000451. The molecule has 0 spiro atoms. The van der Waals surface area contributed by atoms with Gasteiger partial charge in [0.05, 0.1) is 29.3 Å². The number of rotatable bonds is 5. The lowest BCUT2D eigenvalue weighted by molar-refractivity contribution is -0.192. The molecule has 0 aliphatic carbocycles. The fourth-order valence-electron chi connectivity index (χ4n) is 2.29. The maximum atomic E-state index is 12.6. The van der Waals surface area contributed by atoms with E-state index in [4.69, 9.17) is 26.2 Å². The molecule has 3 rings (SSSR count). The quantitative estimate of drug-likeness (QED) is 0.524. The van der Waals surface area contributed by atoms with E-state index in [1.54, 1.807) is 30.3 Å². The van der Waals surface area contributed by atoms with E-state index in [2.05, 4.69) is 20.9 Å². The Hall–Kier alpha value is -3.38. The predicted molar refractivity (Wildman–Crippen MR) is 109 cm³/mol. The lowest BCUT2D eigenvalue weighted by Crippen LogP contribution is -2.48. The number of anilines is 2. The molecule has 1 aromatic carbocycles. The van der Waals surface area contributed by atoms with E-state index in [1.807, 2.05) is 0 Å². The number of amides is 2. The minimum absolute atomic E-state index is 0.0871. The SMILES string of the molecule is COc1ccc(NC(=O)C2CNC2)c(C(=O)Nc2ccc(Cl)cn2)c1.O=C(O)C(F)(F)F. The highest BCUT2D eigenvalue weighted by Gasteiger charge is 2.38. The van der Waals surface area contributed by atoms with Crippen LogP contribution in [0.15, 0.2) is 36.5 Å². The summed E-state index contributed by atoms with van der Waals surface area (Å²) in [6.07, 6.45) is -3.64. The number of benzene rings is 1. The summed E-state index contributed by atoms with van der Waals surface area (Å²) in [6, 6.07) is 8.12. The second-order valence-electron chi connectivity index (χ2n) is 6.37. The van der Waals surface area contributed by atoms with Gasteiger partial charge in [0, 0.05) is 19.3 Å². The van der Waals surface area contributed by atoms with Crippen molar-refractivity contribution in [2.24, 2.45) is 5.92 Å². The van der Waals surface area contributed by atoms with Crippen molar-refractivity contribution in [1.82, 2.24) is 10.3 Å². The van der Waals surface area contributed by atoms with Crippen LogP contribution < -0.4 is 20.7 Å². The minimum Gasteiger partial charge on any atom is -0.497 e. The third-order valence-electron chi connectivity index (χ3n) is 4.09. The molecule has 4 N–H and O–H groups in total. The Kier molecular flexibility index (Phi) is 8.38. The molecule has 1 aliphatic heterocycles. The Labute approximate surface area is 184 Å². The Bertz CT molecular complexity index is 982. The zero-order valence-electron chi connectivity index (χ0n) is 16.5. The number of pyridine rings is 1. The van der Waals surface area contributed by atoms with Crippen LogP contribution in [-0.2, 0) is 9.59 Å². The van der Waals surface area contributed by atoms with Gasteiger partial charge < -0.3 is 25.8 Å². The van der Waals surface area contributed by atoms with Crippen LogP contribution in [0.2, 0.25) is 5.02 Å². The number of carbonyl (C=O) groups is 3. The van der Waals surface area contributed by atoms with Crippen molar-refractivity contribution in [1.29, 1.82) is 0 Å². The fourth-order valence-corrected chi connectivity index (χ4v) is 2.40. The van der Waals surface area contributed by atoms with E-state index in [9.17, 15) is 22.8 Å². The molecule has 1 fully saturated rings. The van der Waals surface area contributed by atoms with Gasteiger partial charge in [-0.25, -0.2) is 9.78 Å². The van der Waals surface area contributed by atoms with Crippen LogP contribution in [0.25, 0.3) is 0 Å². The monoisotopic (exact) mass is 474 g/mol. The van der Waals surface area contributed by atoms with Crippen molar-refractivity contribution in [3.63, 3.8) is 0 Å². The second-order valence-corrected chi connectivity index (χ2v) is 6.81. The van der Waals surface area contributed by atoms with Crippen molar-refractivity contribution < 1.29 is 37.4 Å². The number of alkyl halides is 3. The number of methoxy groups -OCH3 is 1. The topological polar surface area (TPSA) is 130 Å². The average molecular weight is 475 g/mol. The largest absolute Gasteiger partial charge is 0.497 e. The van der Waals surface area contributed by atoms with Crippen LogP contribution in [0.5, 0.6) is 5.75 Å². The number of aromatic nitrogens is 1. The molecule has 0 saturated carbocycles. The first-order valence-electron chi connectivity index (χ1n) is 8.94. The van der Waals surface area contributed by atoms with Crippen molar-refractivity contribution in [3.8, 4) is 5.75 Å². The number of nitrogens with zero attached hydrogens (tertiary/aromatic N) is 1. The van der Waals surface area contributed by atoms with Gasteiger partial charge in [-0.05, 0) is 30.3 Å². The van der Waals surface area contributed by atoms with Crippen LogP contribution in [0.3, 0.4) is 0 Å². The molecule has 9 nitrogen and oxygen atoms in total. The first-order valence-corrected chi connectivity index (χ1v) is 9.31. The number of carboxylic acid groups (broad SMARTS) is 1. The number of hydrogen-bond acceptors (Lipinski definition) is 6. The van der Waals surface area contributed by atoms with Crippen LogP contribution in [0.4, 0.5) is 24.7 Å². The van der Waals surface area contributed by atoms with Crippen molar-refractivity contribution >= 4 is 40.9 Å². The first-order chi connectivity index (χ1) is 15.0. The van der Waals surface area contributed by atoms with Crippen LogP contribution in [-0.4, -0.2) is 54.2 Å². The standard InChI is InChI=1S/C17H17ClN4O3.C2HF3O2/c1-25-12-3-4-14(21-16(23)10-7-19-8-10)13(6-12)17(24)22-15-5-2-11(18)9-20-15;3-2(4,5)1(6)7/h2-6,9-10,19H,7-8H2,1H3,(H,21,23)(H,20,22,24);(H,6,7). The second kappa shape index (κ2) is 10.8. The molecule has 1 aliphatic rings. The normalized spacial score (nSPS) is 13.2. The van der Waals surface area contributed by atoms with E-state index in [1.165, 1.54) is 13.3 Å². The third-order valence-corrected chi connectivity index (χ3v) is 4.32. The Morgan fingerprint density at radius 1 is 1.19 bits per heavy atom. The molecular weight excluding hydrogens is 457 g/mol. The number of hydrogen-bond donors (Lipinski definition) is 4. The maximum Gasteiger partial charge on any atom is 0.490 e. The zero-order chi connectivity index (χ0) is 23.9. The number of carbonyl (C=O) groups excluding carboxylic acids is 2. The van der Waals surface area contributed by atoms with Gasteiger partial charge in [-0.15, -0.1) is 0 Å². The molecule has 32 heavy (non-hydrogen) atoms. The highest BCUT2D eigenvalue weighted by Crippen LogP contribution is 2.24. The van der Waals surface area contributed by atoms with E-state index in [-0.39, 0.29) is 17.4 Å². The number of aliphatic carboxylic acids is 1. The summed E-state index contributed by atoms with van der Waals surface area (Å²) in [4.78, 5) is 37.7. The summed E-state index contributed by atoms with van der Waals surface area (Å²) in [7, 11) is 1.51. The molecule has 2 heterocycles. The zero-order valence-corrected chi connectivity index (χ0v) is 17.3. The van der Waals surface area contributed by atoms with E-state index < -0.39 is 18.1 Å². The number of ether oxygens (including phenoxy) is 1. The molecule has 0 bridgehead atoms. The lowest BCUT2D eigenvalue weighted by Gasteiger charge is -2.26. The molecule has 13 heteroatoms. The molecule has 172 valence electrons. The molecular formula is C19H18ClF3N4O5. The first kappa shape index (κ1) is 24.9. The molecule has 0 radical (unpaired) electrons. The summed E-state index contributed by atoms with van der Waals surface area (Å²) in [5.74, 6) is -2.50. The molecule has 1 saturated heterocycles. The molecule has 1 aromatic heterocycles. The smallest absolute Gasteiger partial charge is 0.490 e. The number of halogens is 4. The molecule has 2 amide bonds. The third kappa shape index (κ3) is 7.10. The summed E-state index contributed by atoms with van der Waals surface area (Å²) in [5, 5.41) is 16.1. The van der Waals surface area contributed by atoms with Crippen molar-refractivity contribution in [3.05, 3.63) is 47.1 Å². The molecule has 0 unspecified atom stereocenters. The molecule has 2 aromatic rings. The van der Waals surface area contributed by atoms with Crippen molar-refractivity contribution in [2.75, 3.05) is 30.8 Å². The van der Waals surface area contributed by atoms with Gasteiger partial charge in [0.2, 0.25) is 5.91 Å². The van der Waals surface area contributed by atoms with E-state index in [0.29, 0.717) is 35.4 Å². The summed E-state index contributed by atoms with van der Waals surface area (Å²) in [6.45, 7) is 1.27. The highest BCUT2D eigenvalue weighted by molar-refractivity contribution is 6.30. The van der Waals surface area contributed by atoms with Gasteiger partial charge in [0.1, 0.15) is 11.6 Å². The van der Waals surface area contributed by atoms with Gasteiger partial charge in [-0.1, -0.05) is 11.6 Å². The predicted octanol–water partition coefficient (Wildman–Crippen LogP) is 2.79.